The van der Waals surface area contributed by atoms with Crippen LogP contribution >= 0.6 is 0 Å². The number of nitrogens with zero attached hydrogens (tertiary/aromatic N) is 2. The van der Waals surface area contributed by atoms with E-state index >= 15 is 0 Å². The van der Waals surface area contributed by atoms with Crippen LogP contribution in [0.25, 0.3) is 0 Å². The van der Waals surface area contributed by atoms with Crippen molar-refractivity contribution in [2.24, 2.45) is 17.3 Å². The van der Waals surface area contributed by atoms with Crippen molar-refractivity contribution in [1.82, 2.24) is 20.4 Å². The molecule has 1 spiro atoms. The van der Waals surface area contributed by atoms with Crippen molar-refractivity contribution < 1.29 is 9.59 Å². The quantitative estimate of drug-likeness (QED) is 0.636. The molecule has 0 aromatic heterocycles. The van der Waals surface area contributed by atoms with Crippen molar-refractivity contribution in [2.75, 3.05) is 33.2 Å². The number of rotatable bonds is 8. The number of hydrogen-bond acceptors (Lipinski definition) is 4. The molecule has 2 amide bonds. The van der Waals surface area contributed by atoms with Crippen LogP contribution in [-0.2, 0) is 16.0 Å². The molecule has 4 fully saturated rings. The van der Waals surface area contributed by atoms with E-state index in [4.69, 9.17) is 0 Å². The lowest BCUT2D eigenvalue weighted by Crippen LogP contribution is -2.64. The average Bonchev–Trinajstić information content (AvgIpc) is 3.36. The molecule has 180 valence electrons. The van der Waals surface area contributed by atoms with Gasteiger partial charge in [0, 0.05) is 31.6 Å². The molecule has 6 nitrogen and oxygen atoms in total. The highest BCUT2D eigenvalue weighted by molar-refractivity contribution is 5.91. The van der Waals surface area contributed by atoms with E-state index < -0.39 is 0 Å². The van der Waals surface area contributed by atoms with Crippen molar-refractivity contribution in [3.8, 4) is 0 Å². The number of carbonyl (C=O) groups excluding carboxylic acids is 2. The number of amides is 2. The number of piperidine rings is 1. The molecule has 1 aromatic carbocycles. The zero-order valence-corrected chi connectivity index (χ0v) is 20.3. The monoisotopic (exact) mass is 452 g/mol. The smallest absolute Gasteiger partial charge is 0.245 e. The van der Waals surface area contributed by atoms with Gasteiger partial charge in [-0.1, -0.05) is 50.1 Å². The Labute approximate surface area is 198 Å². The predicted molar refractivity (Wildman–Crippen MR) is 130 cm³/mol. The zero-order valence-electron chi connectivity index (χ0n) is 20.3. The van der Waals surface area contributed by atoms with E-state index in [1.165, 1.54) is 24.8 Å². The summed E-state index contributed by atoms with van der Waals surface area (Å²) in [4.78, 5) is 31.4. The van der Waals surface area contributed by atoms with E-state index in [9.17, 15) is 9.59 Å². The Balaban J connectivity index is 1.29. The van der Waals surface area contributed by atoms with Gasteiger partial charge in [-0.2, -0.15) is 0 Å². The van der Waals surface area contributed by atoms with Gasteiger partial charge in [0.05, 0.1) is 6.04 Å². The van der Waals surface area contributed by atoms with Gasteiger partial charge in [0.25, 0.3) is 0 Å². The summed E-state index contributed by atoms with van der Waals surface area (Å²) in [7, 11) is 1.82. The maximum absolute atomic E-state index is 13.7. The number of hydrogen-bond donors (Lipinski definition) is 2. The molecule has 3 aliphatic heterocycles. The maximum Gasteiger partial charge on any atom is 0.245 e. The summed E-state index contributed by atoms with van der Waals surface area (Å²) in [5, 5.41) is 6.31. The predicted octanol–water partition coefficient (Wildman–Crippen LogP) is 2.43. The van der Waals surface area contributed by atoms with Crippen LogP contribution < -0.4 is 10.6 Å². The summed E-state index contributed by atoms with van der Waals surface area (Å²) >= 11 is 0. The second-order valence-corrected chi connectivity index (χ2v) is 10.8. The van der Waals surface area contributed by atoms with E-state index in [0.717, 1.165) is 51.9 Å². The normalized spacial score (nSPS) is 34.1. The second-order valence-electron chi connectivity index (χ2n) is 10.8. The van der Waals surface area contributed by atoms with E-state index in [1.54, 1.807) is 0 Å². The molecule has 0 radical (unpaired) electrons. The fraction of sp³-hybridized carbons (Fsp3) is 0.704. The number of fused-ring (bicyclic) bond motifs is 3. The summed E-state index contributed by atoms with van der Waals surface area (Å²) in [6.45, 7) is 6.13. The highest BCUT2D eigenvalue weighted by atomic mass is 16.2. The molecule has 1 saturated carbocycles. The number of likely N-dealkylation sites (tertiary alicyclic amines) is 1. The van der Waals surface area contributed by atoms with Gasteiger partial charge >= 0.3 is 0 Å². The van der Waals surface area contributed by atoms with Crippen LogP contribution in [0.1, 0.15) is 51.0 Å². The van der Waals surface area contributed by atoms with Crippen LogP contribution in [-0.4, -0.2) is 73.0 Å². The molecule has 2 N–H and O–H groups in total. The van der Waals surface area contributed by atoms with Gasteiger partial charge in [-0.15, -0.1) is 0 Å². The second kappa shape index (κ2) is 9.38. The minimum atomic E-state index is -0.342. The molecular weight excluding hydrogens is 412 g/mol. The zero-order chi connectivity index (χ0) is 23.0. The summed E-state index contributed by atoms with van der Waals surface area (Å²) < 4.78 is 0. The van der Waals surface area contributed by atoms with Crippen molar-refractivity contribution in [1.29, 1.82) is 0 Å². The van der Waals surface area contributed by atoms with Crippen molar-refractivity contribution in [3.05, 3.63) is 35.9 Å². The summed E-state index contributed by atoms with van der Waals surface area (Å²) in [5.41, 5.74) is 1.59. The number of nitrogens with one attached hydrogen (secondary N) is 2. The molecular formula is C27H40N4O2. The van der Waals surface area contributed by atoms with E-state index in [2.05, 4.69) is 50.8 Å². The first-order valence-electron chi connectivity index (χ1n) is 13.1. The number of carbonyl (C=O) groups is 2. The van der Waals surface area contributed by atoms with E-state index in [1.807, 2.05) is 14.0 Å². The van der Waals surface area contributed by atoms with Crippen molar-refractivity contribution >= 4 is 11.8 Å². The third-order valence-corrected chi connectivity index (χ3v) is 9.22. The Morgan fingerprint density at radius 1 is 1.18 bits per heavy atom. The fourth-order valence-corrected chi connectivity index (χ4v) is 7.61. The summed E-state index contributed by atoms with van der Waals surface area (Å²) in [6.07, 6.45) is 7.70. The SMILES string of the molecule is CC[C@H](NC)C(=O)N[C@@H]1C(=O)N2CC3(CCCCC13)[C@H]1CN(CCCc3ccccc3)C[C@H]12. The molecule has 2 unspecified atom stereocenters. The molecule has 33 heavy (non-hydrogen) atoms. The lowest BCUT2D eigenvalue weighted by Gasteiger charge is -2.51. The topological polar surface area (TPSA) is 64.7 Å². The van der Waals surface area contributed by atoms with Crippen LogP contribution in [0.15, 0.2) is 30.3 Å². The minimum absolute atomic E-state index is 0.0192. The van der Waals surface area contributed by atoms with Gasteiger partial charge in [-0.05, 0) is 62.6 Å². The van der Waals surface area contributed by atoms with Gasteiger partial charge in [-0.25, -0.2) is 0 Å². The van der Waals surface area contributed by atoms with Gasteiger partial charge < -0.3 is 20.4 Å². The summed E-state index contributed by atoms with van der Waals surface area (Å²) in [6, 6.07) is 10.5. The number of benzene rings is 1. The fourth-order valence-electron chi connectivity index (χ4n) is 7.61. The van der Waals surface area contributed by atoms with E-state index in [0.29, 0.717) is 12.0 Å². The molecule has 1 aromatic rings. The van der Waals surface area contributed by atoms with Gasteiger partial charge in [0.2, 0.25) is 11.8 Å². The highest BCUT2D eigenvalue weighted by Crippen LogP contribution is 2.59. The Morgan fingerprint density at radius 3 is 2.76 bits per heavy atom. The Morgan fingerprint density at radius 2 is 2.00 bits per heavy atom. The molecule has 2 bridgehead atoms. The van der Waals surface area contributed by atoms with Crippen LogP contribution in [0.5, 0.6) is 0 Å². The van der Waals surface area contributed by atoms with E-state index in [-0.39, 0.29) is 35.2 Å². The molecule has 4 aliphatic rings. The Hall–Kier alpha value is -1.92. The Kier molecular flexibility index (Phi) is 6.49. The van der Waals surface area contributed by atoms with Crippen LogP contribution in [0.4, 0.5) is 0 Å². The lowest BCUT2D eigenvalue weighted by molar-refractivity contribution is -0.146. The van der Waals surface area contributed by atoms with Gasteiger partial charge in [-0.3, -0.25) is 9.59 Å². The molecule has 6 atom stereocenters. The van der Waals surface area contributed by atoms with Crippen LogP contribution in [0.2, 0.25) is 0 Å². The average molecular weight is 453 g/mol. The van der Waals surface area contributed by atoms with Crippen LogP contribution in [0, 0.1) is 17.3 Å². The summed E-state index contributed by atoms with van der Waals surface area (Å²) in [5.74, 6) is 0.994. The first-order chi connectivity index (χ1) is 16.1. The first kappa shape index (κ1) is 22.9. The largest absolute Gasteiger partial charge is 0.343 e. The molecule has 6 heteroatoms. The number of aryl methyl sites for hydroxylation is 1. The minimum Gasteiger partial charge on any atom is -0.343 e. The van der Waals surface area contributed by atoms with Gasteiger partial charge in [0.15, 0.2) is 0 Å². The van der Waals surface area contributed by atoms with Gasteiger partial charge in [0.1, 0.15) is 6.04 Å². The molecule has 1 aliphatic carbocycles. The highest BCUT2D eigenvalue weighted by Gasteiger charge is 2.66. The molecule has 3 saturated heterocycles. The third kappa shape index (κ3) is 3.99. The number of likely N-dealkylation sites (N-methyl/N-ethyl adjacent to an activating group) is 1. The van der Waals surface area contributed by atoms with Crippen molar-refractivity contribution in [2.45, 2.75) is 70.0 Å². The molecule has 3 heterocycles. The first-order valence-corrected chi connectivity index (χ1v) is 13.1. The standard InChI is InChI=1S/C27H40N4O2/c1-3-22(28-2)25(32)29-24-20-13-7-8-14-27(20)18-31(26(24)33)23-17-30(16-21(23)27)15-9-12-19-10-5-4-6-11-19/h4-6,10-11,20-24,28H,3,7-9,12-18H2,1-2H3,(H,29,32)/t20?,21-,22-,23+,24-,27?/m0/s1. The Bertz CT molecular complexity index is 857. The molecule has 5 rings (SSSR count). The van der Waals surface area contributed by atoms with Crippen molar-refractivity contribution in [3.63, 3.8) is 0 Å². The van der Waals surface area contributed by atoms with Crippen LogP contribution in [0.3, 0.4) is 0 Å². The lowest BCUT2D eigenvalue weighted by atomic mass is 9.57. The third-order valence-electron chi connectivity index (χ3n) is 9.22. The maximum atomic E-state index is 13.7.